The second kappa shape index (κ2) is 9.43. The molecule has 2 aromatic rings. The highest BCUT2D eigenvalue weighted by Gasteiger charge is 2.45. The summed E-state index contributed by atoms with van der Waals surface area (Å²) in [5.41, 5.74) is -0.0460. The summed E-state index contributed by atoms with van der Waals surface area (Å²) in [4.78, 5) is 24.7. The van der Waals surface area contributed by atoms with Gasteiger partial charge in [-0.15, -0.1) is 0 Å². The van der Waals surface area contributed by atoms with E-state index in [0.29, 0.717) is 50.1 Å². The van der Waals surface area contributed by atoms with Crippen LogP contribution in [0.5, 0.6) is 11.6 Å². The monoisotopic (exact) mass is 497 g/mol. The summed E-state index contributed by atoms with van der Waals surface area (Å²) in [6, 6.07) is 6.25. The lowest BCUT2D eigenvalue weighted by molar-refractivity contribution is -0.113. The fourth-order valence-corrected chi connectivity index (χ4v) is 4.82. The van der Waals surface area contributed by atoms with Crippen molar-refractivity contribution >= 4 is 17.6 Å². The normalized spacial score (nSPS) is 23.2. The summed E-state index contributed by atoms with van der Waals surface area (Å²) < 4.78 is 38.4. The molecule has 2 unspecified atom stereocenters. The van der Waals surface area contributed by atoms with E-state index in [4.69, 9.17) is 24.2 Å². The third-order valence-corrected chi connectivity index (χ3v) is 6.34. The summed E-state index contributed by atoms with van der Waals surface area (Å²) in [6.45, 7) is 7.94. The molecule has 2 saturated heterocycles. The number of piperidine rings is 1. The molecule has 2 fully saturated rings. The van der Waals surface area contributed by atoms with Crippen molar-refractivity contribution in [3.63, 3.8) is 0 Å². The number of likely N-dealkylation sites (tertiary alicyclic amines) is 1. The SMILES string of the molecule is CC(C)(C)OC(=O)N1CC2COCC(C1)C2Oc1ncnc2c1OCCN2c1ccc(C#N)cc1F. The van der Waals surface area contributed by atoms with Crippen molar-refractivity contribution < 1.29 is 28.1 Å². The Morgan fingerprint density at radius 1 is 1.22 bits per heavy atom. The van der Waals surface area contributed by atoms with Gasteiger partial charge in [-0.2, -0.15) is 10.2 Å². The molecule has 1 amide bonds. The lowest BCUT2D eigenvalue weighted by Crippen LogP contribution is -2.59. The number of nitriles is 1. The molecule has 36 heavy (non-hydrogen) atoms. The number of ether oxygens (including phenoxy) is 4. The third-order valence-electron chi connectivity index (χ3n) is 6.34. The number of hydrogen-bond donors (Lipinski definition) is 0. The van der Waals surface area contributed by atoms with Gasteiger partial charge in [0.2, 0.25) is 5.75 Å². The van der Waals surface area contributed by atoms with Crippen molar-refractivity contribution in [3.05, 3.63) is 35.9 Å². The molecule has 0 spiro atoms. The van der Waals surface area contributed by atoms with Gasteiger partial charge < -0.3 is 28.7 Å². The number of carbonyl (C=O) groups excluding carboxylic acids is 1. The van der Waals surface area contributed by atoms with Crippen LogP contribution in [0.3, 0.4) is 0 Å². The fourth-order valence-electron chi connectivity index (χ4n) is 4.82. The number of carbonyl (C=O) groups is 1. The number of nitrogens with zero attached hydrogens (tertiary/aromatic N) is 5. The maximum atomic E-state index is 14.8. The number of hydrogen-bond acceptors (Lipinski definition) is 9. The van der Waals surface area contributed by atoms with Crippen LogP contribution in [0.15, 0.2) is 24.5 Å². The lowest BCUT2D eigenvalue weighted by atomic mass is 9.84. The van der Waals surface area contributed by atoms with Gasteiger partial charge in [-0.1, -0.05) is 0 Å². The first-order valence-electron chi connectivity index (χ1n) is 11.9. The van der Waals surface area contributed by atoms with Crippen LogP contribution < -0.4 is 14.4 Å². The van der Waals surface area contributed by atoms with E-state index in [-0.39, 0.29) is 42.1 Å². The molecule has 190 valence electrons. The minimum atomic E-state index is -0.576. The first-order valence-corrected chi connectivity index (χ1v) is 11.9. The van der Waals surface area contributed by atoms with Crippen molar-refractivity contribution in [2.24, 2.45) is 11.8 Å². The molecular weight excluding hydrogens is 469 g/mol. The predicted molar refractivity (Wildman–Crippen MR) is 126 cm³/mol. The average molecular weight is 498 g/mol. The van der Waals surface area contributed by atoms with E-state index in [9.17, 15) is 9.18 Å². The summed E-state index contributed by atoms with van der Waals surface area (Å²) in [5, 5.41) is 9.05. The zero-order valence-corrected chi connectivity index (χ0v) is 20.4. The van der Waals surface area contributed by atoms with Crippen LogP contribution >= 0.6 is 0 Å². The van der Waals surface area contributed by atoms with E-state index in [1.54, 1.807) is 21.9 Å². The Bertz CT molecular complexity index is 1180. The second-order valence-corrected chi connectivity index (χ2v) is 10.1. The van der Waals surface area contributed by atoms with Gasteiger partial charge in [-0.25, -0.2) is 14.2 Å². The second-order valence-electron chi connectivity index (χ2n) is 10.1. The number of benzene rings is 1. The van der Waals surface area contributed by atoms with E-state index in [2.05, 4.69) is 9.97 Å². The van der Waals surface area contributed by atoms with Gasteiger partial charge in [0.25, 0.3) is 5.88 Å². The molecule has 1 aromatic heterocycles. The van der Waals surface area contributed by atoms with Gasteiger partial charge in [0.1, 0.15) is 30.5 Å². The number of rotatable bonds is 3. The molecule has 0 N–H and O–H groups in total. The fraction of sp³-hybridized carbons (Fsp3) is 0.520. The van der Waals surface area contributed by atoms with Gasteiger partial charge in [-0.05, 0) is 39.0 Å². The Kier molecular flexibility index (Phi) is 6.30. The van der Waals surface area contributed by atoms with Gasteiger partial charge in [0.05, 0.1) is 37.1 Å². The quantitative estimate of drug-likeness (QED) is 0.631. The maximum absolute atomic E-state index is 14.8. The summed E-state index contributed by atoms with van der Waals surface area (Å²) >= 11 is 0. The highest BCUT2D eigenvalue weighted by Crippen LogP contribution is 2.42. The summed E-state index contributed by atoms with van der Waals surface area (Å²) in [7, 11) is 0. The van der Waals surface area contributed by atoms with Crippen LogP contribution in [0.2, 0.25) is 0 Å². The van der Waals surface area contributed by atoms with Crippen LogP contribution in [-0.4, -0.2) is 72.1 Å². The molecule has 2 atom stereocenters. The van der Waals surface area contributed by atoms with Crippen LogP contribution in [0.1, 0.15) is 26.3 Å². The summed E-state index contributed by atoms with van der Waals surface area (Å²) in [6.07, 6.45) is 0.766. The van der Waals surface area contributed by atoms with E-state index < -0.39 is 11.4 Å². The Labute approximate surface area is 208 Å². The van der Waals surface area contributed by atoms with Crippen LogP contribution in [0.25, 0.3) is 0 Å². The molecule has 3 aliphatic heterocycles. The van der Waals surface area contributed by atoms with Crippen LogP contribution in [0, 0.1) is 29.0 Å². The number of aromatic nitrogens is 2. The van der Waals surface area contributed by atoms with Gasteiger partial charge >= 0.3 is 6.09 Å². The van der Waals surface area contributed by atoms with Gasteiger partial charge in [-0.3, -0.25) is 0 Å². The van der Waals surface area contributed by atoms with E-state index >= 15 is 0 Å². The van der Waals surface area contributed by atoms with Crippen molar-refractivity contribution in [2.45, 2.75) is 32.5 Å². The Morgan fingerprint density at radius 2 is 1.97 bits per heavy atom. The maximum Gasteiger partial charge on any atom is 0.410 e. The number of fused-ring (bicyclic) bond motifs is 3. The van der Waals surface area contributed by atoms with Gasteiger partial charge in [0, 0.05) is 24.9 Å². The smallest absolute Gasteiger partial charge is 0.410 e. The first-order chi connectivity index (χ1) is 17.2. The Balaban J connectivity index is 1.38. The minimum Gasteiger partial charge on any atom is -0.483 e. The molecule has 0 saturated carbocycles. The molecular formula is C25H28FN5O5. The zero-order chi connectivity index (χ0) is 25.4. The molecule has 0 radical (unpaired) electrons. The molecule has 4 heterocycles. The van der Waals surface area contributed by atoms with Gasteiger partial charge in [0.15, 0.2) is 5.82 Å². The summed E-state index contributed by atoms with van der Waals surface area (Å²) in [5.74, 6) is 0.316. The van der Waals surface area contributed by atoms with Crippen molar-refractivity contribution in [1.29, 1.82) is 5.26 Å². The van der Waals surface area contributed by atoms with Crippen molar-refractivity contribution in [3.8, 4) is 17.7 Å². The standard InChI is InChI=1S/C25H28FN5O5/c1-25(2,3)36-24(32)30-10-16-12-33-13-17(11-30)20(16)35-23-21-22(28-14-29-23)31(6-7-34-21)19-5-4-15(9-27)8-18(19)26/h4-5,8,14,16-17,20H,6-7,10-13H2,1-3H3. The molecule has 2 bridgehead atoms. The molecule has 1 aromatic carbocycles. The Morgan fingerprint density at radius 3 is 2.64 bits per heavy atom. The van der Waals surface area contributed by atoms with E-state index in [0.717, 1.165) is 0 Å². The first kappa shape index (κ1) is 24.1. The molecule has 3 aliphatic rings. The number of anilines is 2. The minimum absolute atomic E-state index is 0.0775. The van der Waals surface area contributed by atoms with Crippen molar-refractivity contribution in [2.75, 3.05) is 44.4 Å². The van der Waals surface area contributed by atoms with E-state index in [1.165, 1.54) is 12.4 Å². The highest BCUT2D eigenvalue weighted by atomic mass is 19.1. The number of amides is 1. The van der Waals surface area contributed by atoms with Crippen molar-refractivity contribution in [1.82, 2.24) is 14.9 Å². The molecule has 0 aliphatic carbocycles. The third kappa shape index (κ3) is 4.73. The number of halogens is 1. The largest absolute Gasteiger partial charge is 0.483 e. The average Bonchev–Trinajstić information content (AvgIpc) is 2.82. The lowest BCUT2D eigenvalue weighted by Gasteiger charge is -2.46. The Hall–Kier alpha value is -3.65. The topological polar surface area (TPSA) is 110 Å². The zero-order valence-electron chi connectivity index (χ0n) is 20.4. The molecule has 5 rings (SSSR count). The predicted octanol–water partition coefficient (Wildman–Crippen LogP) is 3.28. The van der Waals surface area contributed by atoms with Crippen LogP contribution in [0.4, 0.5) is 20.7 Å². The molecule has 10 nitrogen and oxygen atoms in total. The van der Waals surface area contributed by atoms with E-state index in [1.807, 2.05) is 26.8 Å². The highest BCUT2D eigenvalue weighted by molar-refractivity contribution is 5.70. The van der Waals surface area contributed by atoms with Crippen LogP contribution in [-0.2, 0) is 9.47 Å². The molecule has 11 heteroatoms.